The molecule has 0 aromatic heterocycles. The maximum absolute atomic E-state index is 13.3. The molecule has 0 aliphatic carbocycles. The molecular formula is C27H33FN2O5. The number of carbonyl (C=O) groups is 2. The Morgan fingerprint density at radius 2 is 1.80 bits per heavy atom. The van der Waals surface area contributed by atoms with Crippen LogP contribution >= 0.6 is 0 Å². The zero-order valence-electron chi connectivity index (χ0n) is 20.2. The molecule has 2 heterocycles. The first-order chi connectivity index (χ1) is 16.9. The van der Waals surface area contributed by atoms with Crippen molar-refractivity contribution in [3.05, 3.63) is 66.0 Å². The molecule has 35 heavy (non-hydrogen) atoms. The summed E-state index contributed by atoms with van der Waals surface area (Å²) in [5, 5.41) is 0. The summed E-state index contributed by atoms with van der Waals surface area (Å²) in [6.07, 6.45) is 1.47. The number of amides is 2. The van der Waals surface area contributed by atoms with Gasteiger partial charge in [0.1, 0.15) is 23.8 Å². The molecule has 0 radical (unpaired) electrons. The number of hydrogen-bond acceptors (Lipinski definition) is 5. The molecule has 2 saturated heterocycles. The third kappa shape index (κ3) is 6.80. The highest BCUT2D eigenvalue weighted by atomic mass is 19.1. The molecule has 188 valence electrons. The van der Waals surface area contributed by atoms with E-state index in [9.17, 15) is 14.0 Å². The fourth-order valence-electron chi connectivity index (χ4n) is 4.58. The van der Waals surface area contributed by atoms with E-state index in [4.69, 9.17) is 14.2 Å². The van der Waals surface area contributed by atoms with Gasteiger partial charge in [0, 0.05) is 39.3 Å². The van der Waals surface area contributed by atoms with Crippen LogP contribution in [0.3, 0.4) is 0 Å². The van der Waals surface area contributed by atoms with Crippen molar-refractivity contribution in [2.45, 2.75) is 31.4 Å². The fourth-order valence-corrected chi connectivity index (χ4v) is 4.58. The minimum absolute atomic E-state index is 0.0646. The SMILES string of the molecule is CN(Cc1ccccc1)C(=O)CC1(COc2ccc(F)cc2)CN(C(=O)C2CCOCC2)CCO1. The van der Waals surface area contributed by atoms with Crippen molar-refractivity contribution in [2.75, 3.05) is 46.6 Å². The predicted molar refractivity (Wildman–Crippen MR) is 128 cm³/mol. The molecular weight excluding hydrogens is 451 g/mol. The van der Waals surface area contributed by atoms with Crippen molar-refractivity contribution >= 4 is 11.8 Å². The molecule has 0 bridgehead atoms. The summed E-state index contributed by atoms with van der Waals surface area (Å²) in [5.74, 6) is 0.0260. The van der Waals surface area contributed by atoms with Crippen LogP contribution in [-0.2, 0) is 25.6 Å². The van der Waals surface area contributed by atoms with Gasteiger partial charge in [-0.05, 0) is 42.7 Å². The zero-order chi connectivity index (χ0) is 24.7. The van der Waals surface area contributed by atoms with Gasteiger partial charge in [-0.15, -0.1) is 0 Å². The van der Waals surface area contributed by atoms with Crippen molar-refractivity contribution in [3.8, 4) is 5.75 Å². The lowest BCUT2D eigenvalue weighted by Gasteiger charge is -2.43. The Morgan fingerprint density at radius 3 is 2.51 bits per heavy atom. The van der Waals surface area contributed by atoms with Gasteiger partial charge in [0.25, 0.3) is 0 Å². The summed E-state index contributed by atoms with van der Waals surface area (Å²) in [4.78, 5) is 30.0. The Balaban J connectivity index is 1.48. The van der Waals surface area contributed by atoms with E-state index in [1.54, 1.807) is 29.0 Å². The monoisotopic (exact) mass is 484 g/mol. The zero-order valence-corrected chi connectivity index (χ0v) is 20.2. The summed E-state index contributed by atoms with van der Waals surface area (Å²) in [5.41, 5.74) is 0.0241. The van der Waals surface area contributed by atoms with E-state index in [0.29, 0.717) is 51.5 Å². The number of ether oxygens (including phenoxy) is 3. The van der Waals surface area contributed by atoms with E-state index in [1.165, 1.54) is 12.1 Å². The molecule has 0 saturated carbocycles. The Kier molecular flexibility index (Phi) is 8.36. The van der Waals surface area contributed by atoms with Crippen LogP contribution in [0.25, 0.3) is 0 Å². The van der Waals surface area contributed by atoms with E-state index >= 15 is 0 Å². The third-order valence-electron chi connectivity index (χ3n) is 6.61. The van der Waals surface area contributed by atoms with Gasteiger partial charge in [-0.25, -0.2) is 4.39 Å². The van der Waals surface area contributed by atoms with Gasteiger partial charge in [-0.1, -0.05) is 30.3 Å². The lowest BCUT2D eigenvalue weighted by atomic mass is 9.93. The molecule has 2 aliphatic rings. The van der Waals surface area contributed by atoms with Crippen molar-refractivity contribution in [2.24, 2.45) is 5.92 Å². The summed E-state index contributed by atoms with van der Waals surface area (Å²) in [6, 6.07) is 15.5. The second-order valence-corrected chi connectivity index (χ2v) is 9.33. The van der Waals surface area contributed by atoms with Gasteiger partial charge in [-0.3, -0.25) is 9.59 Å². The summed E-state index contributed by atoms with van der Waals surface area (Å²) in [6.45, 7) is 2.76. The van der Waals surface area contributed by atoms with Gasteiger partial charge < -0.3 is 24.0 Å². The highest BCUT2D eigenvalue weighted by Crippen LogP contribution is 2.28. The third-order valence-corrected chi connectivity index (χ3v) is 6.61. The first-order valence-corrected chi connectivity index (χ1v) is 12.1. The van der Waals surface area contributed by atoms with E-state index in [-0.39, 0.29) is 43.1 Å². The Hall–Kier alpha value is -2.97. The normalized spacial score (nSPS) is 20.9. The minimum Gasteiger partial charge on any atom is -0.490 e. The Morgan fingerprint density at radius 1 is 1.09 bits per heavy atom. The Labute approximate surface area is 205 Å². The highest BCUT2D eigenvalue weighted by molar-refractivity contribution is 5.80. The molecule has 0 spiro atoms. The molecule has 0 N–H and O–H groups in total. The number of nitrogens with zero attached hydrogens (tertiary/aromatic N) is 2. The molecule has 1 atom stereocenters. The van der Waals surface area contributed by atoms with Crippen molar-refractivity contribution < 1.29 is 28.2 Å². The molecule has 7 nitrogen and oxygen atoms in total. The number of morpholine rings is 1. The second kappa shape index (κ2) is 11.6. The molecule has 2 aromatic rings. The molecule has 2 aromatic carbocycles. The van der Waals surface area contributed by atoms with Crippen molar-refractivity contribution in [1.29, 1.82) is 0 Å². The number of halogens is 1. The van der Waals surface area contributed by atoms with Crippen LogP contribution in [0, 0.1) is 11.7 Å². The lowest BCUT2D eigenvalue weighted by molar-refractivity contribution is -0.169. The van der Waals surface area contributed by atoms with Gasteiger partial charge in [0.05, 0.1) is 19.6 Å². The van der Waals surface area contributed by atoms with E-state index < -0.39 is 5.60 Å². The van der Waals surface area contributed by atoms with Crippen LogP contribution in [0.4, 0.5) is 4.39 Å². The van der Waals surface area contributed by atoms with Crippen LogP contribution in [0.15, 0.2) is 54.6 Å². The van der Waals surface area contributed by atoms with Crippen LogP contribution in [-0.4, -0.2) is 73.8 Å². The van der Waals surface area contributed by atoms with Crippen LogP contribution < -0.4 is 4.74 Å². The first-order valence-electron chi connectivity index (χ1n) is 12.1. The highest BCUT2D eigenvalue weighted by Gasteiger charge is 2.43. The molecule has 2 aliphatic heterocycles. The predicted octanol–water partition coefficient (Wildman–Crippen LogP) is 3.28. The van der Waals surface area contributed by atoms with E-state index in [1.807, 2.05) is 30.3 Å². The summed E-state index contributed by atoms with van der Waals surface area (Å²) in [7, 11) is 1.76. The summed E-state index contributed by atoms with van der Waals surface area (Å²) < 4.78 is 30.9. The van der Waals surface area contributed by atoms with Gasteiger partial charge in [-0.2, -0.15) is 0 Å². The topological polar surface area (TPSA) is 68.3 Å². The lowest BCUT2D eigenvalue weighted by Crippen LogP contribution is -2.59. The van der Waals surface area contributed by atoms with Crippen molar-refractivity contribution in [1.82, 2.24) is 9.80 Å². The van der Waals surface area contributed by atoms with Gasteiger partial charge >= 0.3 is 0 Å². The molecule has 2 fully saturated rings. The van der Waals surface area contributed by atoms with Gasteiger partial charge in [0.15, 0.2) is 0 Å². The first kappa shape index (κ1) is 25.1. The van der Waals surface area contributed by atoms with E-state index in [0.717, 1.165) is 5.56 Å². The largest absolute Gasteiger partial charge is 0.490 e. The van der Waals surface area contributed by atoms with E-state index in [2.05, 4.69) is 0 Å². The molecule has 2 amide bonds. The average Bonchev–Trinajstić information content (AvgIpc) is 2.89. The maximum atomic E-state index is 13.3. The van der Waals surface area contributed by atoms with Crippen LogP contribution in [0.1, 0.15) is 24.8 Å². The number of hydrogen-bond donors (Lipinski definition) is 0. The van der Waals surface area contributed by atoms with Crippen molar-refractivity contribution in [3.63, 3.8) is 0 Å². The number of benzene rings is 2. The quantitative estimate of drug-likeness (QED) is 0.575. The standard InChI is InChI=1S/C27H33FN2O5/c1-29(18-21-5-3-2-4-6-21)25(31)17-27(20-34-24-9-7-23(28)8-10-24)19-30(13-16-35-27)26(32)22-11-14-33-15-12-22/h2-10,22H,11-20H2,1H3. The molecule has 1 unspecified atom stereocenters. The number of carbonyl (C=O) groups excluding carboxylic acids is 2. The average molecular weight is 485 g/mol. The number of rotatable bonds is 8. The Bertz CT molecular complexity index is 981. The van der Waals surface area contributed by atoms with Crippen LogP contribution in [0.2, 0.25) is 0 Å². The van der Waals surface area contributed by atoms with Crippen LogP contribution in [0.5, 0.6) is 5.75 Å². The molecule has 8 heteroatoms. The fraction of sp³-hybridized carbons (Fsp3) is 0.481. The minimum atomic E-state index is -1.00. The van der Waals surface area contributed by atoms with Gasteiger partial charge in [0.2, 0.25) is 11.8 Å². The molecule has 4 rings (SSSR count). The summed E-state index contributed by atoms with van der Waals surface area (Å²) >= 11 is 0. The smallest absolute Gasteiger partial charge is 0.226 e. The second-order valence-electron chi connectivity index (χ2n) is 9.33. The maximum Gasteiger partial charge on any atom is 0.226 e.